The smallest absolute Gasteiger partial charge is 0.330 e. The van der Waals surface area contributed by atoms with E-state index in [0.717, 1.165) is 61.7 Å². The van der Waals surface area contributed by atoms with Gasteiger partial charge in [-0.15, -0.1) is 0 Å². The molecule has 0 radical (unpaired) electrons. The highest BCUT2D eigenvalue weighted by atomic mass is 16.5. The van der Waals surface area contributed by atoms with Crippen LogP contribution in [-0.4, -0.2) is 62.9 Å². The third kappa shape index (κ3) is 102. The molecule has 0 rings (SSSR count). The van der Waals surface area contributed by atoms with Crippen molar-refractivity contribution in [3.05, 3.63) is 63.3 Å². The molecule has 0 saturated heterocycles. The minimum absolute atomic E-state index is 0.290. The van der Waals surface area contributed by atoms with Crippen molar-refractivity contribution in [2.45, 2.75) is 506 Å². The van der Waals surface area contributed by atoms with Crippen molar-refractivity contribution in [2.24, 2.45) is 29.6 Å². The van der Waals surface area contributed by atoms with Gasteiger partial charge in [-0.3, -0.25) is 0 Å². The number of unbranched alkanes of at least 4 members (excludes halogenated alkanes) is 38. The maximum atomic E-state index is 11.1. The lowest BCUT2D eigenvalue weighted by atomic mass is 9.90. The lowest BCUT2D eigenvalue weighted by Crippen LogP contribution is -2.06. The Morgan fingerprint density at radius 2 is 0.265 bits per heavy atom. The van der Waals surface area contributed by atoms with Gasteiger partial charge in [0.15, 0.2) is 0 Å². The Labute approximate surface area is 705 Å². The van der Waals surface area contributed by atoms with Gasteiger partial charge in [0.25, 0.3) is 0 Å². The highest BCUT2D eigenvalue weighted by Gasteiger charge is 2.15. The van der Waals surface area contributed by atoms with Crippen LogP contribution < -0.4 is 0 Å². The molecule has 0 N–H and O–H groups in total. The van der Waals surface area contributed by atoms with E-state index >= 15 is 0 Å². The standard InChI is InChI=1S/C22H42O2.2C21H40O2.C20H38O2.C19H36O2/c1-4-7-9-11-13-15-18-21(17-14-12-10-8-5-2)19-16-20-24-22(23)6-3;1-4-7-9-11-12-14-17-20(16-13-10-8-5-2)18-15-19-23-21(22)6-3;1-4-7-9-11-13-16-20(17-14-12-10-8-5-2)18-15-19-23-21(22)6-3;1-4-7-9-11-13-16-19(15-12-10-8-5-2)17-14-18-22-20(21)6-3;1-4-7-9-10-12-15-18(14-11-8-5-2)16-13-17-21-19(20)6-3/h6,21H,3-5,7-20H2,1-2H3;2*6,20H,3-5,7-19H2,1-2H3;6,19H,3-5,7-18H2,1-2H3;6,18H,3-5,7-17H2,1-2H3. The van der Waals surface area contributed by atoms with E-state index in [4.69, 9.17) is 23.7 Å². The zero-order valence-electron chi connectivity index (χ0n) is 77.5. The number of esters is 5. The zero-order chi connectivity index (χ0) is 84.5. The summed E-state index contributed by atoms with van der Waals surface area (Å²) in [5.41, 5.74) is 0. The zero-order valence-corrected chi connectivity index (χ0v) is 77.5. The summed E-state index contributed by atoms with van der Waals surface area (Å²) in [5.74, 6) is 2.64. The van der Waals surface area contributed by atoms with Crippen molar-refractivity contribution in [2.75, 3.05) is 33.0 Å². The fourth-order valence-electron chi connectivity index (χ4n) is 15.2. The molecule has 0 amide bonds. The summed E-state index contributed by atoms with van der Waals surface area (Å²) in [5, 5.41) is 0. The van der Waals surface area contributed by atoms with Crippen LogP contribution >= 0.6 is 0 Å². The van der Waals surface area contributed by atoms with Gasteiger partial charge in [-0.2, -0.15) is 0 Å². The molecule has 0 aliphatic rings. The van der Waals surface area contributed by atoms with Crippen molar-refractivity contribution in [1.82, 2.24) is 0 Å². The Bertz CT molecular complexity index is 1970. The predicted octanol–water partition coefficient (Wildman–Crippen LogP) is 33.4. The minimum atomic E-state index is -0.294. The van der Waals surface area contributed by atoms with Crippen molar-refractivity contribution >= 4 is 29.8 Å². The van der Waals surface area contributed by atoms with Crippen LogP contribution in [0.25, 0.3) is 0 Å². The predicted molar refractivity (Wildman–Crippen MR) is 494 cm³/mol. The molecule has 0 aromatic rings. The topological polar surface area (TPSA) is 132 Å². The first-order chi connectivity index (χ1) is 55.2. The van der Waals surface area contributed by atoms with Crippen molar-refractivity contribution in [3.8, 4) is 0 Å². The van der Waals surface area contributed by atoms with Crippen molar-refractivity contribution in [3.63, 3.8) is 0 Å². The average Bonchev–Trinajstić information content (AvgIpc) is 1.06. The Morgan fingerprint density at radius 3 is 0.398 bits per heavy atom. The molecule has 4 unspecified atom stereocenters. The van der Waals surface area contributed by atoms with Crippen LogP contribution in [0.1, 0.15) is 506 Å². The molecular weight excluding hydrogens is 1400 g/mol. The van der Waals surface area contributed by atoms with Crippen LogP contribution in [0.3, 0.4) is 0 Å². The third-order valence-corrected chi connectivity index (χ3v) is 22.5. The molecule has 0 aliphatic heterocycles. The normalized spacial score (nSPS) is 11.8. The van der Waals surface area contributed by atoms with Crippen LogP contribution in [0, 0.1) is 29.6 Å². The van der Waals surface area contributed by atoms with E-state index in [9.17, 15) is 24.0 Å². The van der Waals surface area contributed by atoms with Gasteiger partial charge < -0.3 is 23.7 Å². The molecule has 0 fully saturated rings. The molecule has 0 aliphatic carbocycles. The van der Waals surface area contributed by atoms with Crippen molar-refractivity contribution < 1.29 is 47.7 Å². The number of hydrogen-bond acceptors (Lipinski definition) is 10. The third-order valence-electron chi connectivity index (χ3n) is 22.5. The molecule has 4 atom stereocenters. The summed E-state index contributed by atoms with van der Waals surface area (Å²) >= 11 is 0. The van der Waals surface area contributed by atoms with E-state index in [-0.39, 0.29) is 29.8 Å². The molecule has 0 aromatic heterocycles. The maximum absolute atomic E-state index is 11.1. The Kier molecular flexibility index (Phi) is 108. The van der Waals surface area contributed by atoms with Crippen LogP contribution in [0.4, 0.5) is 0 Å². The van der Waals surface area contributed by atoms with Gasteiger partial charge in [0.2, 0.25) is 0 Å². The molecule has 0 heterocycles. The molecule has 0 bridgehead atoms. The highest BCUT2D eigenvalue weighted by Crippen LogP contribution is 2.29. The molecule has 10 nitrogen and oxygen atoms in total. The van der Waals surface area contributed by atoms with E-state index < -0.39 is 0 Å². The van der Waals surface area contributed by atoms with Gasteiger partial charge >= 0.3 is 29.8 Å². The van der Waals surface area contributed by atoms with E-state index in [1.807, 2.05) is 0 Å². The summed E-state index contributed by atoms with van der Waals surface area (Å²) in [6, 6.07) is 0. The lowest BCUT2D eigenvalue weighted by Gasteiger charge is -2.17. The van der Waals surface area contributed by atoms with Gasteiger partial charge in [-0.25, -0.2) is 24.0 Å². The second kappa shape index (κ2) is 104. The minimum Gasteiger partial charge on any atom is -0.463 e. The largest absolute Gasteiger partial charge is 0.463 e. The molecule has 0 aromatic carbocycles. The number of ether oxygens (including phenoxy) is 5. The number of rotatable bonds is 83. The van der Waals surface area contributed by atoms with Crippen LogP contribution in [0.15, 0.2) is 63.3 Å². The monoisotopic (exact) mass is 1590 g/mol. The van der Waals surface area contributed by atoms with Crippen molar-refractivity contribution in [1.29, 1.82) is 0 Å². The summed E-state index contributed by atoms with van der Waals surface area (Å²) in [6.45, 7) is 42.5. The van der Waals surface area contributed by atoms with Crippen LogP contribution in [0.5, 0.6) is 0 Å². The summed E-state index contributed by atoms with van der Waals surface area (Å²) in [6.07, 6.45) is 96.1. The quantitative estimate of drug-likeness (QED) is 0.0251. The van der Waals surface area contributed by atoms with E-state index in [0.29, 0.717) is 33.0 Å². The molecule has 10 heteroatoms. The average molecular weight is 1590 g/mol. The molecule has 0 saturated carbocycles. The molecular formula is C103H196O10. The number of carbonyl (C=O) groups excluding carboxylic acids is 5. The first-order valence-electron chi connectivity index (χ1n) is 49.2. The maximum Gasteiger partial charge on any atom is 0.330 e. The van der Waals surface area contributed by atoms with E-state index in [1.54, 1.807) is 0 Å². The van der Waals surface area contributed by atoms with Crippen LogP contribution in [-0.2, 0) is 47.7 Å². The van der Waals surface area contributed by atoms with Gasteiger partial charge in [0.05, 0.1) is 33.0 Å². The summed E-state index contributed by atoms with van der Waals surface area (Å²) in [4.78, 5) is 55.2. The van der Waals surface area contributed by atoms with E-state index in [1.165, 1.54) is 435 Å². The molecule has 0 spiro atoms. The fourth-order valence-corrected chi connectivity index (χ4v) is 15.2. The van der Waals surface area contributed by atoms with Gasteiger partial charge in [0.1, 0.15) is 0 Å². The summed E-state index contributed by atoms with van der Waals surface area (Å²) in [7, 11) is 0. The SMILES string of the molecule is C=CC(=O)OCCCC(CCCCC)CCCCCCC.C=CC(=O)OCCCC(CCCCCC)CCCCCCC.C=CC(=O)OCCCC(CCCCCC)CCCCCCCC.C=CC(=O)OCCCC(CCCCCCC)CCCCCCC.C=CC(=O)OCCCC(CCCCCCC)CCCCCCCC. The highest BCUT2D eigenvalue weighted by molar-refractivity contribution is 5.82. The first kappa shape index (κ1) is 118. The molecule has 668 valence electrons. The summed E-state index contributed by atoms with van der Waals surface area (Å²) < 4.78 is 25.5. The lowest BCUT2D eigenvalue weighted by molar-refractivity contribution is -0.138. The Hall–Kier alpha value is -3.95. The second-order valence-corrected chi connectivity index (χ2v) is 33.2. The first-order valence-corrected chi connectivity index (χ1v) is 49.2. The Morgan fingerprint density at radius 1 is 0.168 bits per heavy atom. The van der Waals surface area contributed by atoms with Crippen LogP contribution in [0.2, 0.25) is 0 Å². The fraction of sp³-hybridized carbons (Fsp3) is 0.854. The molecule has 113 heavy (non-hydrogen) atoms. The van der Waals surface area contributed by atoms with Gasteiger partial charge in [-0.05, 0) is 93.8 Å². The van der Waals surface area contributed by atoms with Gasteiger partial charge in [-0.1, -0.05) is 475 Å². The van der Waals surface area contributed by atoms with Gasteiger partial charge in [0, 0.05) is 30.4 Å². The number of hydrogen-bond donors (Lipinski definition) is 0. The Balaban J connectivity index is -0.000000430. The second-order valence-electron chi connectivity index (χ2n) is 33.2. The van der Waals surface area contributed by atoms with E-state index in [2.05, 4.69) is 102 Å². The number of carbonyl (C=O) groups is 5.